The fourth-order valence-electron chi connectivity index (χ4n) is 2.13. The molecule has 108 valence electrons. The van der Waals surface area contributed by atoms with E-state index in [0.29, 0.717) is 10.4 Å². The molecule has 1 heterocycles. The molecule has 8 heteroatoms. The van der Waals surface area contributed by atoms with Gasteiger partial charge in [-0.1, -0.05) is 29.8 Å². The summed E-state index contributed by atoms with van der Waals surface area (Å²) in [7, 11) is -3.86. The van der Waals surface area contributed by atoms with E-state index in [4.69, 9.17) is 23.8 Å². The molecule has 5 nitrogen and oxygen atoms in total. The van der Waals surface area contributed by atoms with Gasteiger partial charge in [0.05, 0.1) is 4.90 Å². The summed E-state index contributed by atoms with van der Waals surface area (Å²) in [6.45, 7) is -0.297. The third-order valence-corrected chi connectivity index (χ3v) is 5.66. The summed E-state index contributed by atoms with van der Waals surface area (Å²) in [5, 5.41) is 4.21. The number of carbonyl (C=O) groups is 1. The first-order valence-electron chi connectivity index (χ1n) is 5.94. The number of rotatable bonds is 2. The number of benzene rings is 2. The van der Waals surface area contributed by atoms with Crippen molar-refractivity contribution in [2.24, 2.45) is 0 Å². The van der Waals surface area contributed by atoms with Crippen molar-refractivity contribution in [1.82, 2.24) is 9.62 Å². The Bertz CT molecular complexity index is 880. The van der Waals surface area contributed by atoms with Crippen LogP contribution in [-0.4, -0.2) is 30.3 Å². The number of amides is 1. The Kier molecular flexibility index (Phi) is 3.35. The number of hydrogen-bond donors (Lipinski definition) is 1. The minimum absolute atomic E-state index is 0.0658. The number of thiocarbonyl (C=S) groups is 1. The van der Waals surface area contributed by atoms with Gasteiger partial charge in [-0.3, -0.25) is 4.79 Å². The average Bonchev–Trinajstić information content (AvgIpc) is 2.78. The van der Waals surface area contributed by atoms with Gasteiger partial charge < -0.3 is 5.32 Å². The lowest BCUT2D eigenvalue weighted by atomic mass is 10.1. The highest BCUT2D eigenvalue weighted by molar-refractivity contribution is 7.91. The van der Waals surface area contributed by atoms with E-state index in [2.05, 4.69) is 5.32 Å². The summed E-state index contributed by atoms with van der Waals surface area (Å²) < 4.78 is 25.9. The van der Waals surface area contributed by atoms with Crippen LogP contribution in [0.1, 0.15) is 0 Å². The van der Waals surface area contributed by atoms with Gasteiger partial charge >= 0.3 is 0 Å². The van der Waals surface area contributed by atoms with Gasteiger partial charge in [0.15, 0.2) is 5.11 Å². The first kappa shape index (κ1) is 14.2. The Balaban J connectivity index is 2.11. The number of hydrogen-bond acceptors (Lipinski definition) is 4. The third-order valence-electron chi connectivity index (χ3n) is 3.15. The number of carbonyl (C=O) groups excluding carboxylic acids is 1. The first-order chi connectivity index (χ1) is 9.89. The maximum Gasteiger partial charge on any atom is 0.266 e. The minimum Gasteiger partial charge on any atom is -0.301 e. The van der Waals surface area contributed by atoms with E-state index in [1.54, 1.807) is 24.3 Å². The van der Waals surface area contributed by atoms with E-state index < -0.39 is 15.9 Å². The standard InChI is InChI=1S/C13H9ClN2O3S2/c14-11-3-1-2-8-6-9(4-5-10(8)11)21(18,19)16-7-12(17)15-13(16)20/h1-6H,7H2,(H,15,17,20). The molecule has 21 heavy (non-hydrogen) atoms. The third kappa shape index (κ3) is 2.37. The van der Waals surface area contributed by atoms with Crippen LogP contribution in [0.2, 0.25) is 5.02 Å². The number of fused-ring (bicyclic) bond motifs is 1. The van der Waals surface area contributed by atoms with E-state index in [1.165, 1.54) is 12.1 Å². The van der Waals surface area contributed by atoms with Gasteiger partial charge in [0.2, 0.25) is 5.91 Å². The molecule has 2 aromatic rings. The molecule has 0 atom stereocenters. The minimum atomic E-state index is -3.86. The number of nitrogens with one attached hydrogen (secondary N) is 1. The fraction of sp³-hybridized carbons (Fsp3) is 0.0769. The Labute approximate surface area is 131 Å². The molecule has 1 fully saturated rings. The quantitative estimate of drug-likeness (QED) is 0.848. The first-order valence-corrected chi connectivity index (χ1v) is 8.17. The molecule has 1 amide bonds. The van der Waals surface area contributed by atoms with Gasteiger partial charge in [0.1, 0.15) is 6.54 Å². The average molecular weight is 341 g/mol. The van der Waals surface area contributed by atoms with Crippen LogP contribution in [0.25, 0.3) is 10.8 Å². The van der Waals surface area contributed by atoms with Gasteiger partial charge in [-0.15, -0.1) is 0 Å². The predicted octanol–water partition coefficient (Wildman–Crippen LogP) is 1.90. The molecule has 1 aliphatic rings. The lowest BCUT2D eigenvalue weighted by Crippen LogP contribution is -2.34. The topological polar surface area (TPSA) is 66.5 Å². The van der Waals surface area contributed by atoms with Gasteiger partial charge in [0.25, 0.3) is 10.0 Å². The summed E-state index contributed by atoms with van der Waals surface area (Å²) >= 11 is 10.9. The van der Waals surface area contributed by atoms with Crippen LogP contribution in [0.15, 0.2) is 41.3 Å². The Morgan fingerprint density at radius 1 is 1.24 bits per heavy atom. The van der Waals surface area contributed by atoms with Crippen molar-refractivity contribution < 1.29 is 13.2 Å². The number of nitrogens with zero attached hydrogens (tertiary/aromatic N) is 1. The molecule has 0 aliphatic carbocycles. The second kappa shape index (κ2) is 4.94. The molecule has 0 radical (unpaired) electrons. The van der Waals surface area contributed by atoms with E-state index in [9.17, 15) is 13.2 Å². The second-order valence-electron chi connectivity index (χ2n) is 4.49. The smallest absolute Gasteiger partial charge is 0.266 e. The highest BCUT2D eigenvalue weighted by Crippen LogP contribution is 2.27. The van der Waals surface area contributed by atoms with Crippen molar-refractivity contribution in [3.8, 4) is 0 Å². The predicted molar refractivity (Wildman–Crippen MR) is 83.6 cm³/mol. The molecule has 0 aromatic heterocycles. The fourth-order valence-corrected chi connectivity index (χ4v) is 4.17. The van der Waals surface area contributed by atoms with Crippen molar-refractivity contribution in [3.05, 3.63) is 41.4 Å². The van der Waals surface area contributed by atoms with E-state index in [1.807, 2.05) is 0 Å². The molecule has 1 saturated heterocycles. The summed E-state index contributed by atoms with van der Waals surface area (Å²) in [5.41, 5.74) is 0. The maximum atomic E-state index is 12.5. The van der Waals surface area contributed by atoms with Gasteiger partial charge in [-0.25, -0.2) is 12.7 Å². The molecular weight excluding hydrogens is 332 g/mol. The van der Waals surface area contributed by atoms with Crippen LogP contribution in [-0.2, 0) is 14.8 Å². The van der Waals surface area contributed by atoms with Crippen LogP contribution in [0.5, 0.6) is 0 Å². The van der Waals surface area contributed by atoms with Gasteiger partial charge in [-0.2, -0.15) is 0 Å². The zero-order valence-electron chi connectivity index (χ0n) is 10.5. The Morgan fingerprint density at radius 3 is 2.67 bits per heavy atom. The second-order valence-corrected chi connectivity index (χ2v) is 7.14. The van der Waals surface area contributed by atoms with E-state index in [0.717, 1.165) is 9.69 Å². The highest BCUT2D eigenvalue weighted by atomic mass is 35.5. The number of sulfonamides is 1. The van der Waals surface area contributed by atoms with Crippen LogP contribution in [0.3, 0.4) is 0 Å². The lowest BCUT2D eigenvalue weighted by Gasteiger charge is -2.16. The highest BCUT2D eigenvalue weighted by Gasteiger charge is 2.34. The van der Waals surface area contributed by atoms with Crippen LogP contribution in [0, 0.1) is 0 Å². The summed E-state index contributed by atoms with van der Waals surface area (Å²) in [4.78, 5) is 11.3. The zero-order valence-corrected chi connectivity index (χ0v) is 12.9. The lowest BCUT2D eigenvalue weighted by molar-refractivity contribution is -0.118. The van der Waals surface area contributed by atoms with Crippen molar-refractivity contribution in [3.63, 3.8) is 0 Å². The molecule has 1 aliphatic heterocycles. The van der Waals surface area contributed by atoms with E-state index >= 15 is 0 Å². The Hall–Kier alpha value is -1.70. The molecule has 1 N–H and O–H groups in total. The van der Waals surface area contributed by atoms with Crippen molar-refractivity contribution in [2.45, 2.75) is 4.90 Å². The molecule has 3 rings (SSSR count). The van der Waals surface area contributed by atoms with Crippen molar-refractivity contribution >= 4 is 55.6 Å². The van der Waals surface area contributed by atoms with E-state index in [-0.39, 0.29) is 16.6 Å². The maximum absolute atomic E-state index is 12.5. The monoisotopic (exact) mass is 340 g/mol. The Morgan fingerprint density at radius 2 is 2.00 bits per heavy atom. The summed E-state index contributed by atoms with van der Waals surface area (Å²) in [6.07, 6.45) is 0. The van der Waals surface area contributed by atoms with Crippen LogP contribution >= 0.6 is 23.8 Å². The van der Waals surface area contributed by atoms with Gasteiger partial charge in [-0.05, 0) is 35.8 Å². The zero-order chi connectivity index (χ0) is 15.2. The molecule has 0 bridgehead atoms. The summed E-state index contributed by atoms with van der Waals surface area (Å²) in [5.74, 6) is -0.438. The number of halogens is 1. The van der Waals surface area contributed by atoms with Crippen LogP contribution in [0.4, 0.5) is 0 Å². The SMILES string of the molecule is O=C1CN(S(=O)(=O)c2ccc3c(Cl)cccc3c2)C(=S)N1. The molecular formula is C13H9ClN2O3S2. The van der Waals surface area contributed by atoms with Crippen LogP contribution < -0.4 is 5.32 Å². The molecule has 0 unspecified atom stereocenters. The molecule has 2 aromatic carbocycles. The largest absolute Gasteiger partial charge is 0.301 e. The molecule has 0 saturated carbocycles. The van der Waals surface area contributed by atoms with Gasteiger partial charge in [0, 0.05) is 10.4 Å². The summed E-state index contributed by atoms with van der Waals surface area (Å²) in [6, 6.07) is 9.85. The normalized spacial score (nSPS) is 15.6. The molecule has 0 spiro atoms. The van der Waals surface area contributed by atoms with Crippen molar-refractivity contribution in [2.75, 3.05) is 6.54 Å². The van der Waals surface area contributed by atoms with Crippen molar-refractivity contribution in [1.29, 1.82) is 0 Å².